The third-order valence-corrected chi connectivity index (χ3v) is 5.14. The number of nitrogens with two attached hydrogens (primary N) is 1. The van der Waals surface area contributed by atoms with Crippen molar-refractivity contribution in [3.63, 3.8) is 0 Å². The molecule has 2 aromatic rings. The van der Waals surface area contributed by atoms with Gasteiger partial charge in [0.15, 0.2) is 5.16 Å². The van der Waals surface area contributed by atoms with Crippen molar-refractivity contribution >= 4 is 40.0 Å². The third kappa shape index (κ3) is 2.80. The summed E-state index contributed by atoms with van der Waals surface area (Å²) in [5.41, 5.74) is 7.18. The van der Waals surface area contributed by atoms with Crippen molar-refractivity contribution < 1.29 is 4.79 Å². The minimum atomic E-state index is -0.577. The van der Waals surface area contributed by atoms with Crippen LogP contribution in [0.1, 0.15) is 29.0 Å². The van der Waals surface area contributed by atoms with Crippen molar-refractivity contribution in [1.29, 1.82) is 5.26 Å². The number of nitrogens with one attached hydrogen (secondary N) is 1. The monoisotopic (exact) mass is 336 g/mol. The Morgan fingerprint density at radius 2 is 2.18 bits per heavy atom. The lowest BCUT2D eigenvalue weighted by Crippen LogP contribution is -2.25. The molecule has 1 amide bonds. The fourth-order valence-electron chi connectivity index (χ4n) is 1.97. The molecule has 0 fully saturated rings. The molecule has 3 N–H and O–H groups in total. The number of nitrogens with zero attached hydrogens (tertiary/aromatic N) is 4. The van der Waals surface area contributed by atoms with Gasteiger partial charge in [0.25, 0.3) is 0 Å². The quantitative estimate of drug-likeness (QED) is 0.829. The normalized spacial score (nSPS) is 12.0. The molecule has 9 heteroatoms. The predicted molar refractivity (Wildman–Crippen MR) is 88.1 cm³/mol. The molecule has 0 saturated heterocycles. The van der Waals surface area contributed by atoms with Crippen LogP contribution in [0.4, 0.5) is 10.9 Å². The highest BCUT2D eigenvalue weighted by atomic mass is 32.2. The van der Waals surface area contributed by atoms with E-state index in [4.69, 9.17) is 5.73 Å². The number of nitrogen functional groups attached to an aromatic ring is 1. The van der Waals surface area contributed by atoms with E-state index < -0.39 is 6.04 Å². The van der Waals surface area contributed by atoms with Gasteiger partial charge in [0.1, 0.15) is 17.1 Å². The van der Waals surface area contributed by atoms with E-state index in [0.717, 1.165) is 10.4 Å². The Hall–Kier alpha value is -2.05. The molecule has 2 heterocycles. The molecule has 1 unspecified atom stereocenters. The second-order valence-electron chi connectivity index (χ2n) is 4.68. The molecule has 2 aromatic heterocycles. The molecule has 22 heavy (non-hydrogen) atoms. The Labute approximate surface area is 136 Å². The van der Waals surface area contributed by atoms with Gasteiger partial charge < -0.3 is 11.1 Å². The topological polar surface area (TPSA) is 110 Å². The van der Waals surface area contributed by atoms with E-state index in [2.05, 4.69) is 21.6 Å². The summed E-state index contributed by atoms with van der Waals surface area (Å²) in [7, 11) is 0. The number of hydrogen-bond acceptors (Lipinski definition) is 7. The molecule has 0 aliphatic heterocycles. The van der Waals surface area contributed by atoms with Gasteiger partial charge in [0, 0.05) is 4.88 Å². The lowest BCUT2D eigenvalue weighted by molar-refractivity contribution is -0.118. The number of thiophene rings is 1. The van der Waals surface area contributed by atoms with Gasteiger partial charge in [0.2, 0.25) is 11.9 Å². The van der Waals surface area contributed by atoms with E-state index >= 15 is 0 Å². The molecule has 0 aliphatic rings. The molecule has 0 radical (unpaired) electrons. The third-order valence-electron chi connectivity index (χ3n) is 3.37. The highest BCUT2D eigenvalue weighted by Gasteiger charge is 2.23. The Balaban J connectivity index is 2.28. The van der Waals surface area contributed by atoms with Crippen molar-refractivity contribution in [2.75, 3.05) is 17.3 Å². The van der Waals surface area contributed by atoms with Crippen molar-refractivity contribution in [3.05, 3.63) is 16.0 Å². The maximum atomic E-state index is 12.5. The lowest BCUT2D eigenvalue weighted by atomic mass is 10.2. The zero-order chi connectivity index (χ0) is 16.4. The molecular weight excluding hydrogens is 320 g/mol. The van der Waals surface area contributed by atoms with Gasteiger partial charge in [-0.05, 0) is 32.6 Å². The van der Waals surface area contributed by atoms with Crippen molar-refractivity contribution in [2.45, 2.75) is 32.0 Å². The zero-order valence-electron chi connectivity index (χ0n) is 12.7. The average molecular weight is 336 g/mol. The van der Waals surface area contributed by atoms with E-state index in [0.29, 0.717) is 15.7 Å². The number of amides is 1. The lowest BCUT2D eigenvalue weighted by Gasteiger charge is -2.15. The van der Waals surface area contributed by atoms with E-state index in [1.54, 1.807) is 11.5 Å². The Morgan fingerprint density at radius 1 is 1.50 bits per heavy atom. The number of anilines is 2. The molecule has 0 bridgehead atoms. The number of aryl methyl sites for hydroxylation is 1. The standard InChI is InChI=1S/C13H16N6OS2/c1-6-8(3)22-11(9(6)5-14)16-10(20)7(2)19-12(15)17-18-13(19)21-4/h7H,1-4H3,(H2,15,17)(H,16,20). The van der Waals surface area contributed by atoms with Gasteiger partial charge in [-0.3, -0.25) is 9.36 Å². The van der Waals surface area contributed by atoms with Gasteiger partial charge in [-0.1, -0.05) is 11.8 Å². The van der Waals surface area contributed by atoms with Crippen LogP contribution in [-0.2, 0) is 4.79 Å². The minimum Gasteiger partial charge on any atom is -0.368 e. The number of rotatable bonds is 4. The number of carbonyl (C=O) groups is 1. The Bertz CT molecular complexity index is 757. The molecule has 1 atom stereocenters. The smallest absolute Gasteiger partial charge is 0.248 e. The van der Waals surface area contributed by atoms with Crippen LogP contribution in [0, 0.1) is 25.2 Å². The highest BCUT2D eigenvalue weighted by molar-refractivity contribution is 7.98. The number of nitriles is 1. The minimum absolute atomic E-state index is 0.186. The summed E-state index contributed by atoms with van der Waals surface area (Å²) in [5.74, 6) is -0.0782. The first-order chi connectivity index (χ1) is 10.4. The highest BCUT2D eigenvalue weighted by Crippen LogP contribution is 2.32. The summed E-state index contributed by atoms with van der Waals surface area (Å²) in [5, 5.41) is 20.9. The first-order valence-electron chi connectivity index (χ1n) is 6.46. The second kappa shape index (κ2) is 6.37. The van der Waals surface area contributed by atoms with Crippen molar-refractivity contribution in [3.8, 4) is 6.07 Å². The largest absolute Gasteiger partial charge is 0.368 e. The van der Waals surface area contributed by atoms with Crippen molar-refractivity contribution in [1.82, 2.24) is 14.8 Å². The van der Waals surface area contributed by atoms with Crippen LogP contribution in [0.5, 0.6) is 0 Å². The fraction of sp³-hybridized carbons (Fsp3) is 0.385. The SMILES string of the molecule is CSc1nnc(N)n1C(C)C(=O)Nc1sc(C)c(C)c1C#N. The van der Waals surface area contributed by atoms with E-state index in [9.17, 15) is 10.1 Å². The Morgan fingerprint density at radius 3 is 2.77 bits per heavy atom. The van der Waals surface area contributed by atoms with Gasteiger partial charge in [0.05, 0.1) is 5.56 Å². The van der Waals surface area contributed by atoms with E-state index in [1.165, 1.54) is 23.1 Å². The summed E-state index contributed by atoms with van der Waals surface area (Å²) in [6.45, 7) is 5.50. The average Bonchev–Trinajstić information content (AvgIpc) is 2.98. The molecule has 0 aliphatic carbocycles. The van der Waals surface area contributed by atoms with Gasteiger partial charge in [-0.2, -0.15) is 5.26 Å². The van der Waals surface area contributed by atoms with Gasteiger partial charge in [-0.15, -0.1) is 21.5 Å². The summed E-state index contributed by atoms with van der Waals surface area (Å²) < 4.78 is 1.57. The van der Waals surface area contributed by atoms with Crippen LogP contribution < -0.4 is 11.1 Å². The maximum Gasteiger partial charge on any atom is 0.248 e. The van der Waals surface area contributed by atoms with Crippen LogP contribution in [0.15, 0.2) is 5.16 Å². The van der Waals surface area contributed by atoms with Crippen LogP contribution in [-0.4, -0.2) is 26.9 Å². The van der Waals surface area contributed by atoms with Gasteiger partial charge in [-0.25, -0.2) is 0 Å². The number of carbonyl (C=O) groups excluding carboxylic acids is 1. The van der Waals surface area contributed by atoms with Crippen LogP contribution in [0.2, 0.25) is 0 Å². The molecule has 7 nitrogen and oxygen atoms in total. The van der Waals surface area contributed by atoms with Crippen LogP contribution in [0.3, 0.4) is 0 Å². The molecule has 0 aromatic carbocycles. The summed E-state index contributed by atoms with van der Waals surface area (Å²) in [4.78, 5) is 13.5. The maximum absolute atomic E-state index is 12.5. The molecule has 116 valence electrons. The zero-order valence-corrected chi connectivity index (χ0v) is 14.3. The first kappa shape index (κ1) is 16.3. The summed E-state index contributed by atoms with van der Waals surface area (Å²) >= 11 is 2.75. The number of hydrogen-bond donors (Lipinski definition) is 2. The summed E-state index contributed by atoms with van der Waals surface area (Å²) in [6, 6.07) is 1.56. The van der Waals surface area contributed by atoms with Gasteiger partial charge >= 0.3 is 0 Å². The molecule has 2 rings (SSSR count). The summed E-state index contributed by atoms with van der Waals surface area (Å²) in [6.07, 6.45) is 1.84. The fourth-order valence-corrected chi connectivity index (χ4v) is 3.56. The van der Waals surface area contributed by atoms with Crippen molar-refractivity contribution in [2.24, 2.45) is 0 Å². The molecular formula is C13H16N6OS2. The van der Waals surface area contributed by atoms with Crippen LogP contribution >= 0.6 is 23.1 Å². The molecule has 0 saturated carbocycles. The van der Waals surface area contributed by atoms with Crippen LogP contribution in [0.25, 0.3) is 0 Å². The Kier molecular flexibility index (Phi) is 4.73. The van der Waals surface area contributed by atoms with E-state index in [1.807, 2.05) is 20.1 Å². The predicted octanol–water partition coefficient (Wildman–Crippen LogP) is 2.33. The number of thioether (sulfide) groups is 1. The molecule has 0 spiro atoms. The number of aromatic nitrogens is 3. The second-order valence-corrected chi connectivity index (χ2v) is 6.68. The first-order valence-corrected chi connectivity index (χ1v) is 8.50. The van der Waals surface area contributed by atoms with E-state index in [-0.39, 0.29) is 11.9 Å².